The second kappa shape index (κ2) is 6.95. The van der Waals surface area contributed by atoms with Crippen molar-refractivity contribution in [1.29, 1.82) is 5.26 Å². The summed E-state index contributed by atoms with van der Waals surface area (Å²) in [5.41, 5.74) is 2.09. The van der Waals surface area contributed by atoms with Gasteiger partial charge in [0.25, 0.3) is 0 Å². The minimum absolute atomic E-state index is 0.749. The zero-order chi connectivity index (χ0) is 11.9. The molecule has 0 amide bonds. The van der Waals surface area contributed by atoms with Gasteiger partial charge in [-0.1, -0.05) is 0 Å². The van der Waals surface area contributed by atoms with Gasteiger partial charge in [0.1, 0.15) is 0 Å². The summed E-state index contributed by atoms with van der Waals surface area (Å²) in [4.78, 5) is 0. The maximum absolute atomic E-state index is 8.74. The van der Waals surface area contributed by atoms with Crippen LogP contribution < -0.4 is 0 Å². The number of rotatable bonds is 1. The summed E-state index contributed by atoms with van der Waals surface area (Å²) >= 11 is 1.19. The summed E-state index contributed by atoms with van der Waals surface area (Å²) in [6.07, 6.45) is 0. The number of nitrogens with zero attached hydrogens (tertiary/aromatic N) is 1. The van der Waals surface area contributed by atoms with Crippen LogP contribution in [0.1, 0.15) is 11.1 Å². The van der Waals surface area contributed by atoms with Crippen LogP contribution in [0.5, 0.6) is 0 Å². The van der Waals surface area contributed by atoms with E-state index in [4.69, 9.17) is 22.8 Å². The largest absolute Gasteiger partial charge is 0.394 e. The zero-order valence-corrected chi connectivity index (χ0v) is 10.9. The molecule has 0 atom stereocenters. The summed E-state index contributed by atoms with van der Waals surface area (Å²) in [5.74, 6) is 0. The molecule has 0 saturated heterocycles. The Morgan fingerprint density at radius 2 is 1.67 bits per heavy atom. The van der Waals surface area contributed by atoms with Crippen molar-refractivity contribution in [2.24, 2.45) is 0 Å². The number of hydrogen-bond donors (Lipinski definition) is 2. The standard InChI is InChI=1S/C8H6N.Na.H2O4S/c1-7-2-4-8(6-9)5-3-7;;1-5(2,3)4/h2-5H,1H2;;(H2,1,2,3,4). The molecule has 0 aliphatic rings. The van der Waals surface area contributed by atoms with Gasteiger partial charge in [0.05, 0.1) is 0 Å². The second-order valence-electron chi connectivity index (χ2n) is 2.61. The predicted octanol–water partition coefficient (Wildman–Crippen LogP) is 0.574. The topological polar surface area (TPSA) is 98.4 Å². The molecule has 0 unspecified atom stereocenters. The van der Waals surface area contributed by atoms with Crippen molar-refractivity contribution >= 4 is 38.3 Å². The monoisotopic (exact) mass is 237 g/mol. The first-order valence-corrected chi connectivity index (χ1v) is 6.87. The van der Waals surface area contributed by atoms with Gasteiger partial charge in [-0.3, -0.25) is 9.11 Å². The Kier molecular flexibility index (Phi) is 6.76. The minimum atomic E-state index is -4.67. The van der Waals surface area contributed by atoms with Gasteiger partial charge in [0, 0.05) is 0 Å². The molecular formula is C8H8NNaO4S. The van der Waals surface area contributed by atoms with E-state index < -0.39 is 10.4 Å². The van der Waals surface area contributed by atoms with Crippen molar-refractivity contribution in [3.05, 3.63) is 35.4 Å². The van der Waals surface area contributed by atoms with Gasteiger partial charge in [-0.05, 0) is 0 Å². The molecule has 76 valence electrons. The van der Waals surface area contributed by atoms with E-state index >= 15 is 0 Å². The van der Waals surface area contributed by atoms with E-state index in [0.717, 1.165) is 5.56 Å². The maximum atomic E-state index is 8.74. The Balaban J connectivity index is 0.000000336. The fourth-order valence-corrected chi connectivity index (χ4v) is 1.29. The molecule has 0 fully saturated rings. The van der Waals surface area contributed by atoms with Crippen LogP contribution in [0.3, 0.4) is 0 Å². The smallest absolute Gasteiger partial charge is 0.264 e. The van der Waals surface area contributed by atoms with Crippen LogP contribution in [0.15, 0.2) is 24.3 Å². The first kappa shape index (κ1) is 14.6. The van der Waals surface area contributed by atoms with E-state index in [9.17, 15) is 0 Å². The van der Waals surface area contributed by atoms with E-state index in [-0.39, 0.29) is 0 Å². The van der Waals surface area contributed by atoms with Crippen LogP contribution in [0, 0.1) is 11.3 Å². The average Bonchev–Trinajstić information content (AvgIpc) is 2.15. The molecule has 0 heterocycles. The van der Waals surface area contributed by atoms with Crippen molar-refractivity contribution in [2.75, 3.05) is 0 Å². The number of nitriles is 1. The summed E-state index contributed by atoms with van der Waals surface area (Å²) in [6.45, 7) is 0. The molecule has 7 heteroatoms. The van der Waals surface area contributed by atoms with Gasteiger partial charge in [-0.2, -0.15) is 8.42 Å². The second-order valence-corrected chi connectivity index (χ2v) is 4.21. The van der Waals surface area contributed by atoms with Crippen molar-refractivity contribution in [1.82, 2.24) is 0 Å². The van der Waals surface area contributed by atoms with Crippen molar-refractivity contribution in [2.45, 2.75) is 3.67 Å². The van der Waals surface area contributed by atoms with E-state index in [1.807, 2.05) is 24.3 Å². The van der Waals surface area contributed by atoms with Crippen LogP contribution in [-0.4, -0.2) is 45.5 Å². The molecule has 1 rings (SSSR count). The number of benzene rings is 1. The summed E-state index contributed by atoms with van der Waals surface area (Å²) in [5, 5.41) is 8.46. The van der Waals surface area contributed by atoms with Crippen molar-refractivity contribution in [3.8, 4) is 6.07 Å². The van der Waals surface area contributed by atoms with E-state index in [1.54, 1.807) is 0 Å². The van der Waals surface area contributed by atoms with Crippen LogP contribution >= 0.6 is 0 Å². The van der Waals surface area contributed by atoms with Gasteiger partial charge in [-0.25, -0.2) is 0 Å². The Hall–Kier alpha value is -0.420. The van der Waals surface area contributed by atoms with Gasteiger partial charge in [-0.15, -0.1) is 0 Å². The Morgan fingerprint density at radius 3 is 1.93 bits per heavy atom. The Bertz CT molecular complexity index is 427. The quantitative estimate of drug-likeness (QED) is 0.549. The molecular weight excluding hydrogens is 229 g/mol. The normalized spacial score (nSPS) is 9.80. The average molecular weight is 237 g/mol. The summed E-state index contributed by atoms with van der Waals surface area (Å²) in [6, 6.07) is 9.86. The van der Waals surface area contributed by atoms with Crippen LogP contribution in [0.4, 0.5) is 0 Å². The molecule has 5 nitrogen and oxygen atoms in total. The van der Waals surface area contributed by atoms with E-state index in [2.05, 4.69) is 6.07 Å². The number of hydrogen-bond acceptors (Lipinski definition) is 3. The van der Waals surface area contributed by atoms with Crippen LogP contribution in [0.2, 0.25) is 0 Å². The SMILES string of the molecule is N#Cc1ccc([CH2][Na])cc1.O=S(=O)(O)O. The fraction of sp³-hybridized carbons (Fsp3) is 0.125. The molecule has 0 aromatic heterocycles. The van der Waals surface area contributed by atoms with Crippen LogP contribution in [0.25, 0.3) is 0 Å². The molecule has 1 aromatic rings. The molecule has 1 aromatic carbocycles. The molecule has 15 heavy (non-hydrogen) atoms. The maximum Gasteiger partial charge on any atom is 0.394 e. The molecule has 0 aliphatic carbocycles. The molecule has 0 radical (unpaired) electrons. The van der Waals surface area contributed by atoms with E-state index in [1.165, 1.54) is 37.2 Å². The fourth-order valence-electron chi connectivity index (χ4n) is 0.815. The van der Waals surface area contributed by atoms with E-state index in [0.29, 0.717) is 0 Å². The van der Waals surface area contributed by atoms with Crippen molar-refractivity contribution < 1.29 is 17.5 Å². The molecule has 0 spiro atoms. The van der Waals surface area contributed by atoms with Crippen LogP contribution in [-0.2, 0) is 14.1 Å². The zero-order valence-electron chi connectivity index (χ0n) is 8.08. The molecule has 0 aliphatic heterocycles. The molecule has 2 N–H and O–H groups in total. The third-order valence-electron chi connectivity index (χ3n) is 1.49. The first-order valence-electron chi connectivity index (χ1n) is 4.05. The third-order valence-corrected chi connectivity index (χ3v) is 2.31. The Morgan fingerprint density at radius 1 is 1.27 bits per heavy atom. The third kappa shape index (κ3) is 9.87. The van der Waals surface area contributed by atoms with Crippen molar-refractivity contribution in [3.63, 3.8) is 0 Å². The first-order chi connectivity index (χ1) is 6.86. The van der Waals surface area contributed by atoms with Gasteiger partial charge in [0.2, 0.25) is 0 Å². The summed E-state index contributed by atoms with van der Waals surface area (Å²) in [7, 11) is -4.67. The molecule has 0 saturated carbocycles. The predicted molar refractivity (Wildman–Crippen MR) is 54.8 cm³/mol. The Labute approximate surface area is 106 Å². The van der Waals surface area contributed by atoms with Gasteiger partial charge in [0.15, 0.2) is 0 Å². The summed E-state index contributed by atoms with van der Waals surface area (Å²) < 4.78 is 32.8. The minimum Gasteiger partial charge on any atom is -0.264 e. The molecule has 0 bridgehead atoms. The van der Waals surface area contributed by atoms with Gasteiger partial charge < -0.3 is 0 Å². The van der Waals surface area contributed by atoms with Gasteiger partial charge >= 0.3 is 88.7 Å².